The molecule has 1 N–H and O–H groups in total. The lowest BCUT2D eigenvalue weighted by atomic mass is 9.74. The number of amides is 1. The number of ether oxygens (including phenoxy) is 1. The quantitative estimate of drug-likeness (QED) is 0.580. The number of rotatable bonds is 3. The Morgan fingerprint density at radius 3 is 2.42 bits per heavy atom. The maximum absolute atomic E-state index is 13.7. The number of carbonyl (C=O) groups is 1. The number of pyridine rings is 1. The first-order valence-electron chi connectivity index (χ1n) is 10.5. The van der Waals surface area contributed by atoms with Crippen LogP contribution in [-0.2, 0) is 6.42 Å². The highest BCUT2D eigenvalue weighted by Gasteiger charge is 2.41. The molecule has 31 heavy (non-hydrogen) atoms. The fraction of sp³-hybridized carbons (Fsp3) is 0.280. The van der Waals surface area contributed by atoms with E-state index in [0.717, 1.165) is 60.5 Å². The number of nitrogens with one attached hydrogen (secondary N) is 1. The van der Waals surface area contributed by atoms with E-state index in [1.54, 1.807) is 12.1 Å². The van der Waals surface area contributed by atoms with Gasteiger partial charge in [-0.15, -0.1) is 0 Å². The second kappa shape index (κ2) is 7.45. The van der Waals surface area contributed by atoms with E-state index in [4.69, 9.17) is 4.74 Å². The molecule has 4 nitrogen and oxygen atoms in total. The van der Waals surface area contributed by atoms with Crippen LogP contribution >= 0.6 is 0 Å². The summed E-state index contributed by atoms with van der Waals surface area (Å²) in [4.78, 5) is 15.9. The van der Waals surface area contributed by atoms with Gasteiger partial charge in [-0.1, -0.05) is 18.2 Å². The molecular formula is C25H22F2N2O2. The molecule has 2 aliphatic rings. The Morgan fingerprint density at radius 1 is 1.06 bits per heavy atom. The smallest absolute Gasteiger partial charge is 0.255 e. The van der Waals surface area contributed by atoms with Crippen LogP contribution in [0.25, 0.3) is 11.1 Å². The second-order valence-electron chi connectivity index (χ2n) is 8.42. The van der Waals surface area contributed by atoms with Crippen LogP contribution in [0.3, 0.4) is 0 Å². The van der Waals surface area contributed by atoms with Crippen molar-refractivity contribution in [3.8, 4) is 16.9 Å². The summed E-state index contributed by atoms with van der Waals surface area (Å²) < 4.78 is 33.9. The molecule has 6 heteroatoms. The lowest BCUT2D eigenvalue weighted by molar-refractivity contribution is -0.0249. The first-order chi connectivity index (χ1) is 14.9. The summed E-state index contributed by atoms with van der Waals surface area (Å²) in [6.07, 6.45) is 7.31. The second-order valence-corrected chi connectivity index (χ2v) is 8.42. The number of hydrogen-bond donors (Lipinski definition) is 1. The minimum absolute atomic E-state index is 0.0268. The minimum Gasteiger partial charge on any atom is -0.487 e. The molecule has 5 rings (SSSR count). The molecule has 1 amide bonds. The number of benzene rings is 2. The first kappa shape index (κ1) is 19.7. The number of aromatic nitrogens is 1. The molecule has 1 saturated carbocycles. The molecule has 158 valence electrons. The van der Waals surface area contributed by atoms with Gasteiger partial charge < -0.3 is 10.1 Å². The number of hydrogen-bond acceptors (Lipinski definition) is 3. The van der Waals surface area contributed by atoms with Crippen LogP contribution in [0.15, 0.2) is 48.8 Å². The Hall–Kier alpha value is -3.28. The largest absolute Gasteiger partial charge is 0.487 e. The molecule has 0 bridgehead atoms. The molecule has 0 atom stereocenters. The molecule has 2 aromatic carbocycles. The van der Waals surface area contributed by atoms with Crippen molar-refractivity contribution < 1.29 is 18.3 Å². The van der Waals surface area contributed by atoms with Crippen LogP contribution < -0.4 is 10.1 Å². The lowest BCUT2D eigenvalue weighted by Gasteiger charge is -2.45. The molecule has 2 heterocycles. The van der Waals surface area contributed by atoms with Crippen molar-refractivity contribution in [3.63, 3.8) is 0 Å². The summed E-state index contributed by atoms with van der Waals surface area (Å²) in [6, 6.07) is 11.3. The van der Waals surface area contributed by atoms with Gasteiger partial charge in [-0.05, 0) is 79.5 Å². The summed E-state index contributed by atoms with van der Waals surface area (Å²) >= 11 is 0. The van der Waals surface area contributed by atoms with Crippen LogP contribution in [0, 0.1) is 18.6 Å². The third kappa shape index (κ3) is 3.56. The lowest BCUT2D eigenvalue weighted by Crippen LogP contribution is -2.45. The molecule has 1 aliphatic carbocycles. The van der Waals surface area contributed by atoms with E-state index in [9.17, 15) is 13.6 Å². The third-order valence-electron chi connectivity index (χ3n) is 6.40. The third-order valence-corrected chi connectivity index (χ3v) is 6.40. The topological polar surface area (TPSA) is 51.2 Å². The van der Waals surface area contributed by atoms with Crippen LogP contribution in [-0.4, -0.2) is 16.5 Å². The molecular weight excluding hydrogens is 398 g/mol. The summed E-state index contributed by atoms with van der Waals surface area (Å²) in [5, 5.41) is 2.28. The molecule has 3 aromatic rings. The van der Waals surface area contributed by atoms with E-state index in [1.807, 2.05) is 12.1 Å². The first-order valence-corrected chi connectivity index (χ1v) is 10.5. The van der Waals surface area contributed by atoms with Gasteiger partial charge in [0.1, 0.15) is 17.0 Å². The number of nitrogens with zero attached hydrogens (tertiary/aromatic N) is 1. The predicted molar refractivity (Wildman–Crippen MR) is 114 cm³/mol. The van der Waals surface area contributed by atoms with E-state index in [1.165, 1.54) is 12.0 Å². The fourth-order valence-electron chi connectivity index (χ4n) is 4.44. The van der Waals surface area contributed by atoms with E-state index < -0.39 is 23.2 Å². The Balaban J connectivity index is 1.39. The normalized spacial score (nSPS) is 16.2. The van der Waals surface area contributed by atoms with Gasteiger partial charge in [0.05, 0.1) is 12.4 Å². The Kier molecular flexibility index (Phi) is 4.73. The monoisotopic (exact) mass is 420 g/mol. The van der Waals surface area contributed by atoms with Gasteiger partial charge in [-0.2, -0.15) is 0 Å². The summed E-state index contributed by atoms with van der Waals surface area (Å²) in [7, 11) is 0. The predicted octanol–water partition coefficient (Wildman–Crippen LogP) is 5.84. The summed E-state index contributed by atoms with van der Waals surface area (Å²) in [5.74, 6) is -1.47. The van der Waals surface area contributed by atoms with Crippen molar-refractivity contribution in [2.24, 2.45) is 0 Å². The maximum atomic E-state index is 13.7. The maximum Gasteiger partial charge on any atom is 0.255 e. The Labute approximate surface area is 179 Å². The van der Waals surface area contributed by atoms with E-state index >= 15 is 0 Å². The van der Waals surface area contributed by atoms with Crippen molar-refractivity contribution in [1.82, 2.24) is 4.98 Å². The van der Waals surface area contributed by atoms with Gasteiger partial charge in [0.2, 0.25) is 0 Å². The standard InChI is InChI=1S/C25H22F2N2O2/c1-15-11-18-7-10-25(8-2-9-25)31-22(18)12-19(15)16-3-5-17(6-4-16)24(30)29-23-20(26)13-28-14-21(23)27/h3-6,11-14H,2,7-10H2,1H3,(H,28,29,30). The number of halogens is 2. The summed E-state index contributed by atoms with van der Waals surface area (Å²) in [6.45, 7) is 2.07. The van der Waals surface area contributed by atoms with Gasteiger partial charge in [-0.25, -0.2) is 8.78 Å². The van der Waals surface area contributed by atoms with Crippen LogP contribution in [0.1, 0.15) is 47.2 Å². The van der Waals surface area contributed by atoms with Crippen LogP contribution in [0.4, 0.5) is 14.5 Å². The molecule has 0 unspecified atom stereocenters. The fourth-order valence-corrected chi connectivity index (χ4v) is 4.44. The minimum atomic E-state index is -0.918. The molecule has 0 saturated heterocycles. The Bertz CT molecular complexity index is 1150. The number of fused-ring (bicyclic) bond motifs is 1. The van der Waals surface area contributed by atoms with E-state index in [0.29, 0.717) is 5.56 Å². The van der Waals surface area contributed by atoms with Crippen LogP contribution in [0.5, 0.6) is 5.75 Å². The Morgan fingerprint density at radius 2 is 1.77 bits per heavy atom. The highest BCUT2D eigenvalue weighted by atomic mass is 19.1. The highest BCUT2D eigenvalue weighted by Crippen LogP contribution is 2.46. The van der Waals surface area contributed by atoms with Gasteiger partial charge in [0.25, 0.3) is 5.91 Å². The van der Waals surface area contributed by atoms with Crippen molar-refractivity contribution in [2.45, 2.75) is 44.6 Å². The van der Waals surface area contributed by atoms with Gasteiger partial charge in [0, 0.05) is 5.56 Å². The van der Waals surface area contributed by atoms with Gasteiger partial charge in [0.15, 0.2) is 11.6 Å². The van der Waals surface area contributed by atoms with Gasteiger partial charge in [-0.3, -0.25) is 9.78 Å². The zero-order chi connectivity index (χ0) is 21.6. The van der Waals surface area contributed by atoms with Crippen LogP contribution in [0.2, 0.25) is 0 Å². The van der Waals surface area contributed by atoms with E-state index in [2.05, 4.69) is 29.4 Å². The zero-order valence-electron chi connectivity index (χ0n) is 17.2. The average Bonchev–Trinajstić information content (AvgIpc) is 2.74. The molecule has 1 fully saturated rings. The van der Waals surface area contributed by atoms with E-state index in [-0.39, 0.29) is 5.60 Å². The molecule has 1 spiro atoms. The molecule has 1 aliphatic heterocycles. The van der Waals surface area contributed by atoms with Crippen molar-refractivity contribution in [3.05, 3.63) is 77.1 Å². The van der Waals surface area contributed by atoms with Crippen molar-refractivity contribution in [1.29, 1.82) is 0 Å². The number of carbonyl (C=O) groups excluding carboxylic acids is 1. The highest BCUT2D eigenvalue weighted by molar-refractivity contribution is 6.04. The van der Waals surface area contributed by atoms with Crippen molar-refractivity contribution in [2.75, 3.05) is 5.32 Å². The number of anilines is 1. The van der Waals surface area contributed by atoms with Gasteiger partial charge >= 0.3 is 0 Å². The zero-order valence-corrected chi connectivity index (χ0v) is 17.2. The SMILES string of the molecule is Cc1cc2c(cc1-c1ccc(C(=O)Nc3c(F)cncc3F)cc1)OC1(CCC1)CC2. The summed E-state index contributed by atoms with van der Waals surface area (Å²) in [5.41, 5.74) is 4.22. The van der Waals surface area contributed by atoms with Crippen molar-refractivity contribution >= 4 is 11.6 Å². The molecule has 0 radical (unpaired) electrons. The number of aryl methyl sites for hydroxylation is 2. The molecule has 1 aromatic heterocycles. The average molecular weight is 420 g/mol.